The summed E-state index contributed by atoms with van der Waals surface area (Å²) in [6.07, 6.45) is 1.43. The molecule has 0 saturated heterocycles. The maximum Gasteiger partial charge on any atom is 0.343 e. The van der Waals surface area contributed by atoms with Gasteiger partial charge in [-0.2, -0.15) is 5.10 Å². The highest BCUT2D eigenvalue weighted by Gasteiger charge is 2.21. The molecule has 0 fully saturated rings. The number of halogens is 3. The second-order valence-electron chi connectivity index (χ2n) is 8.69. The van der Waals surface area contributed by atoms with Crippen LogP contribution in [0.25, 0.3) is 22.0 Å². The molecule has 0 saturated carbocycles. The molecule has 6 nitrogen and oxygen atoms in total. The van der Waals surface area contributed by atoms with Crippen LogP contribution in [0.15, 0.2) is 99.0 Å². The van der Waals surface area contributed by atoms with Crippen LogP contribution in [-0.2, 0) is 0 Å². The maximum atomic E-state index is 13.3. The number of aromatic nitrogens is 1. The molecule has 1 amide bonds. The van der Waals surface area contributed by atoms with Gasteiger partial charge in [-0.3, -0.25) is 4.79 Å². The topological polar surface area (TPSA) is 83.5 Å². The number of nitrogens with one attached hydrogen (secondary N) is 2. The Balaban J connectivity index is 1.43. The van der Waals surface area contributed by atoms with Crippen LogP contribution in [0.2, 0.25) is 5.02 Å². The van der Waals surface area contributed by atoms with Crippen molar-refractivity contribution in [3.63, 3.8) is 0 Å². The zero-order chi connectivity index (χ0) is 27.5. The summed E-state index contributed by atoms with van der Waals surface area (Å²) in [5.74, 6) is -0.648. The molecular weight excluding hydrogens is 646 g/mol. The van der Waals surface area contributed by atoms with Gasteiger partial charge in [0.15, 0.2) is 0 Å². The van der Waals surface area contributed by atoms with Gasteiger partial charge in [0.1, 0.15) is 11.4 Å². The number of esters is 1. The summed E-state index contributed by atoms with van der Waals surface area (Å²) in [5, 5.41) is 5.44. The predicted octanol–water partition coefficient (Wildman–Crippen LogP) is 8.30. The molecule has 0 spiro atoms. The van der Waals surface area contributed by atoms with Gasteiger partial charge in [-0.05, 0) is 55.0 Å². The summed E-state index contributed by atoms with van der Waals surface area (Å²) in [5.41, 5.74) is 6.98. The van der Waals surface area contributed by atoms with Gasteiger partial charge in [0.05, 0.1) is 22.3 Å². The number of amides is 1. The summed E-state index contributed by atoms with van der Waals surface area (Å²) in [7, 11) is 0. The molecule has 2 N–H and O–H groups in total. The molecule has 4 aromatic carbocycles. The van der Waals surface area contributed by atoms with Crippen molar-refractivity contribution in [1.29, 1.82) is 0 Å². The first-order chi connectivity index (χ1) is 18.8. The van der Waals surface area contributed by atoms with E-state index in [0.717, 1.165) is 25.5 Å². The van der Waals surface area contributed by atoms with Gasteiger partial charge in [-0.25, -0.2) is 10.2 Å². The van der Waals surface area contributed by atoms with Crippen LogP contribution < -0.4 is 10.2 Å². The van der Waals surface area contributed by atoms with Gasteiger partial charge in [0.2, 0.25) is 0 Å². The number of benzene rings is 4. The molecule has 194 valence electrons. The highest BCUT2D eigenvalue weighted by atomic mass is 79.9. The number of H-pyrrole nitrogens is 1. The molecule has 1 aromatic heterocycles. The number of hydrogen-bond donors (Lipinski definition) is 2. The minimum absolute atomic E-state index is 0.301. The summed E-state index contributed by atoms with van der Waals surface area (Å²) in [6, 6.07) is 25.5. The van der Waals surface area contributed by atoms with Crippen LogP contribution >= 0.6 is 43.5 Å². The fraction of sp³-hybridized carbons (Fsp3) is 0.0333. The third-order valence-electron chi connectivity index (χ3n) is 5.91. The molecule has 39 heavy (non-hydrogen) atoms. The van der Waals surface area contributed by atoms with Crippen molar-refractivity contribution >= 4 is 72.5 Å². The lowest BCUT2D eigenvalue weighted by atomic mass is 10.0. The van der Waals surface area contributed by atoms with E-state index in [1.807, 2.05) is 49.4 Å². The molecule has 0 atom stereocenters. The third-order valence-corrected chi connectivity index (χ3v) is 7.16. The number of nitrogens with zero attached hydrogens (tertiary/aromatic N) is 1. The molecule has 0 aliphatic carbocycles. The molecule has 0 aliphatic rings. The standard InChI is InChI=1S/C30H20Br2ClN3O3/c1-17-6-5-9-19(12-17)30(38)39-25-11-10-21(31)13-20(25)16-34-36-29(37)28-26(18-7-3-2-4-8-18)23-14-22(32)15-24(33)27(23)35-28/h2-16,35H,1H3,(H,36,37). The summed E-state index contributed by atoms with van der Waals surface area (Å²) in [4.78, 5) is 29.2. The SMILES string of the molecule is Cc1cccc(C(=O)Oc2ccc(Br)cc2C=NNC(=O)c2[nH]c3c(Cl)cc(Br)cc3c2-c2ccccc2)c1. The van der Waals surface area contributed by atoms with Crippen LogP contribution in [0.4, 0.5) is 0 Å². The average molecular weight is 666 g/mol. The Bertz CT molecular complexity index is 1750. The van der Waals surface area contributed by atoms with E-state index in [0.29, 0.717) is 38.7 Å². The van der Waals surface area contributed by atoms with E-state index in [-0.39, 0.29) is 0 Å². The minimum Gasteiger partial charge on any atom is -0.422 e. The number of aryl methyl sites for hydroxylation is 1. The Morgan fingerprint density at radius 2 is 1.74 bits per heavy atom. The molecule has 9 heteroatoms. The fourth-order valence-corrected chi connectivity index (χ4v) is 5.39. The number of rotatable bonds is 6. The van der Waals surface area contributed by atoms with Gasteiger partial charge in [-0.15, -0.1) is 0 Å². The smallest absolute Gasteiger partial charge is 0.343 e. The summed E-state index contributed by atoms with van der Waals surface area (Å²) in [6.45, 7) is 1.90. The number of fused-ring (bicyclic) bond motifs is 1. The van der Waals surface area contributed by atoms with E-state index >= 15 is 0 Å². The molecular formula is C30H20Br2ClN3O3. The molecule has 0 unspecified atom stereocenters. The van der Waals surface area contributed by atoms with Crippen molar-refractivity contribution in [2.75, 3.05) is 0 Å². The van der Waals surface area contributed by atoms with Crippen molar-refractivity contribution in [3.8, 4) is 16.9 Å². The van der Waals surface area contributed by atoms with E-state index in [1.165, 1.54) is 6.21 Å². The minimum atomic E-state index is -0.492. The lowest BCUT2D eigenvalue weighted by Gasteiger charge is -2.09. The van der Waals surface area contributed by atoms with Crippen LogP contribution in [0.3, 0.4) is 0 Å². The van der Waals surface area contributed by atoms with Gasteiger partial charge in [-0.1, -0.05) is 91.5 Å². The van der Waals surface area contributed by atoms with Crippen molar-refractivity contribution in [3.05, 3.63) is 121 Å². The van der Waals surface area contributed by atoms with Crippen LogP contribution in [-0.4, -0.2) is 23.1 Å². The predicted molar refractivity (Wildman–Crippen MR) is 162 cm³/mol. The van der Waals surface area contributed by atoms with Crippen LogP contribution in [0, 0.1) is 6.92 Å². The molecule has 5 rings (SSSR count). The van der Waals surface area contributed by atoms with E-state index in [4.69, 9.17) is 16.3 Å². The van der Waals surface area contributed by atoms with Crippen LogP contribution in [0.1, 0.15) is 32.0 Å². The summed E-state index contributed by atoms with van der Waals surface area (Å²) < 4.78 is 7.19. The first kappa shape index (κ1) is 26.9. The lowest BCUT2D eigenvalue weighted by Crippen LogP contribution is -2.19. The van der Waals surface area contributed by atoms with E-state index < -0.39 is 11.9 Å². The normalized spacial score (nSPS) is 11.2. The van der Waals surface area contributed by atoms with Crippen molar-refractivity contribution < 1.29 is 14.3 Å². The number of hydrogen-bond acceptors (Lipinski definition) is 4. The molecule has 0 aliphatic heterocycles. The van der Waals surface area contributed by atoms with Crippen molar-refractivity contribution in [2.45, 2.75) is 6.92 Å². The van der Waals surface area contributed by atoms with Crippen LogP contribution in [0.5, 0.6) is 5.75 Å². The first-order valence-electron chi connectivity index (χ1n) is 11.8. The third kappa shape index (κ3) is 5.98. The van der Waals surface area contributed by atoms with Gasteiger partial charge in [0, 0.05) is 25.5 Å². The largest absolute Gasteiger partial charge is 0.422 e. The zero-order valence-electron chi connectivity index (χ0n) is 20.5. The number of aromatic amines is 1. The highest BCUT2D eigenvalue weighted by Crippen LogP contribution is 2.37. The van der Waals surface area contributed by atoms with Gasteiger partial charge in [0.25, 0.3) is 5.91 Å². The molecule has 5 aromatic rings. The number of hydrazone groups is 1. The average Bonchev–Trinajstić information content (AvgIpc) is 3.30. The Kier molecular flexibility index (Phi) is 7.97. The highest BCUT2D eigenvalue weighted by molar-refractivity contribution is 9.10. The monoisotopic (exact) mass is 663 g/mol. The Morgan fingerprint density at radius 3 is 2.51 bits per heavy atom. The molecule has 0 bridgehead atoms. The molecule has 0 radical (unpaired) electrons. The fourth-order valence-electron chi connectivity index (χ4n) is 4.16. The van der Waals surface area contributed by atoms with Gasteiger partial charge >= 0.3 is 5.97 Å². The maximum absolute atomic E-state index is 13.3. The van der Waals surface area contributed by atoms with E-state index in [1.54, 1.807) is 42.5 Å². The quantitative estimate of drug-likeness (QED) is 0.0829. The second kappa shape index (κ2) is 11.6. The lowest BCUT2D eigenvalue weighted by molar-refractivity contribution is 0.0734. The Hall–Kier alpha value is -3.72. The number of carbonyl (C=O) groups excluding carboxylic acids is 2. The Labute approximate surface area is 246 Å². The Morgan fingerprint density at radius 1 is 0.949 bits per heavy atom. The zero-order valence-corrected chi connectivity index (χ0v) is 24.4. The van der Waals surface area contributed by atoms with Crippen molar-refractivity contribution in [1.82, 2.24) is 10.4 Å². The first-order valence-corrected chi connectivity index (χ1v) is 13.7. The summed E-state index contributed by atoms with van der Waals surface area (Å²) >= 11 is 13.4. The molecule has 1 heterocycles. The number of ether oxygens (including phenoxy) is 1. The van der Waals surface area contributed by atoms with Crippen molar-refractivity contribution in [2.24, 2.45) is 5.10 Å². The number of carbonyl (C=O) groups is 2. The van der Waals surface area contributed by atoms with E-state index in [2.05, 4.69) is 47.4 Å². The second-order valence-corrected chi connectivity index (χ2v) is 10.9. The van der Waals surface area contributed by atoms with E-state index in [9.17, 15) is 9.59 Å². The van der Waals surface area contributed by atoms with Gasteiger partial charge < -0.3 is 9.72 Å².